The number of aromatic nitrogens is 1. The van der Waals surface area contributed by atoms with Gasteiger partial charge in [-0.3, -0.25) is 14.5 Å². The lowest BCUT2D eigenvalue weighted by Gasteiger charge is -2.35. The molecule has 2 N–H and O–H groups in total. The quantitative estimate of drug-likeness (QED) is 0.419. The van der Waals surface area contributed by atoms with Crippen LogP contribution in [0.2, 0.25) is 0 Å². The molecule has 1 aromatic heterocycles. The van der Waals surface area contributed by atoms with Gasteiger partial charge in [-0.05, 0) is 29.8 Å². The van der Waals surface area contributed by atoms with Crippen LogP contribution in [-0.4, -0.2) is 52.8 Å². The van der Waals surface area contributed by atoms with Gasteiger partial charge in [0.25, 0.3) is 11.8 Å². The van der Waals surface area contributed by atoms with Gasteiger partial charge in [-0.1, -0.05) is 66.7 Å². The molecule has 3 aromatic carbocycles. The lowest BCUT2D eigenvalue weighted by atomic mass is 10.1. The van der Waals surface area contributed by atoms with Gasteiger partial charge in [0.05, 0.1) is 0 Å². The molecule has 4 aromatic rings. The van der Waals surface area contributed by atoms with Crippen molar-refractivity contribution in [3.8, 4) is 0 Å². The molecule has 5 rings (SSSR count). The number of rotatable bonds is 6. The molecule has 6 nitrogen and oxygen atoms in total. The van der Waals surface area contributed by atoms with Crippen molar-refractivity contribution in [3.63, 3.8) is 0 Å². The summed E-state index contributed by atoms with van der Waals surface area (Å²) in [6.07, 6.45) is 3.64. The number of amides is 2. The molecule has 2 amide bonds. The van der Waals surface area contributed by atoms with E-state index in [-0.39, 0.29) is 17.5 Å². The number of para-hydroxylation sites is 1. The smallest absolute Gasteiger partial charge is 0.270 e. The topological polar surface area (TPSA) is 68.4 Å². The van der Waals surface area contributed by atoms with Gasteiger partial charge in [-0.15, -0.1) is 0 Å². The summed E-state index contributed by atoms with van der Waals surface area (Å²) in [4.78, 5) is 34.0. The van der Waals surface area contributed by atoms with Gasteiger partial charge in [-0.2, -0.15) is 0 Å². The summed E-state index contributed by atoms with van der Waals surface area (Å²) in [5.74, 6) is -0.466. The molecule has 1 fully saturated rings. The zero-order valence-electron chi connectivity index (χ0n) is 19.5. The first-order chi connectivity index (χ1) is 17.2. The highest BCUT2D eigenvalue weighted by molar-refractivity contribution is 6.06. The third kappa shape index (κ3) is 5.34. The molecule has 35 heavy (non-hydrogen) atoms. The predicted molar refractivity (Wildman–Crippen MR) is 138 cm³/mol. The van der Waals surface area contributed by atoms with E-state index >= 15 is 0 Å². The van der Waals surface area contributed by atoms with Crippen LogP contribution in [0.5, 0.6) is 0 Å². The van der Waals surface area contributed by atoms with Crippen LogP contribution >= 0.6 is 0 Å². The van der Waals surface area contributed by atoms with Gasteiger partial charge in [-0.25, -0.2) is 0 Å². The van der Waals surface area contributed by atoms with Crippen LogP contribution in [0.15, 0.2) is 96.8 Å². The summed E-state index contributed by atoms with van der Waals surface area (Å²) < 4.78 is 0. The highest BCUT2D eigenvalue weighted by Crippen LogP contribution is 2.21. The number of aromatic amines is 1. The number of benzene rings is 3. The summed E-state index contributed by atoms with van der Waals surface area (Å²) in [5, 5.41) is 3.89. The Hall–Kier alpha value is -4.16. The van der Waals surface area contributed by atoms with Crippen molar-refractivity contribution in [2.45, 2.75) is 6.54 Å². The van der Waals surface area contributed by atoms with E-state index in [1.807, 2.05) is 71.8 Å². The molecule has 2 heterocycles. The summed E-state index contributed by atoms with van der Waals surface area (Å²) in [6, 6.07) is 27.2. The van der Waals surface area contributed by atoms with Gasteiger partial charge >= 0.3 is 0 Å². The highest BCUT2D eigenvalue weighted by Gasteiger charge is 2.25. The maximum atomic E-state index is 13.6. The third-order valence-corrected chi connectivity index (χ3v) is 6.34. The Morgan fingerprint density at radius 3 is 2.23 bits per heavy atom. The molecule has 0 saturated carbocycles. The number of hydrogen-bond donors (Lipinski definition) is 2. The van der Waals surface area contributed by atoms with Gasteiger partial charge in [0.1, 0.15) is 5.70 Å². The van der Waals surface area contributed by atoms with Crippen molar-refractivity contribution in [1.29, 1.82) is 0 Å². The van der Waals surface area contributed by atoms with E-state index in [9.17, 15) is 9.59 Å². The summed E-state index contributed by atoms with van der Waals surface area (Å²) in [5.41, 5.74) is 3.90. The molecule has 0 atom stereocenters. The summed E-state index contributed by atoms with van der Waals surface area (Å²) in [7, 11) is 0. The van der Waals surface area contributed by atoms with Crippen LogP contribution in [0.25, 0.3) is 17.0 Å². The molecule has 0 bridgehead atoms. The van der Waals surface area contributed by atoms with Crippen molar-refractivity contribution < 1.29 is 9.59 Å². The van der Waals surface area contributed by atoms with Crippen LogP contribution in [0.1, 0.15) is 21.5 Å². The molecule has 0 radical (unpaired) electrons. The van der Waals surface area contributed by atoms with Gasteiger partial charge < -0.3 is 15.2 Å². The third-order valence-electron chi connectivity index (χ3n) is 6.34. The molecular weight excluding hydrogens is 436 g/mol. The number of hydrogen-bond acceptors (Lipinski definition) is 3. The molecule has 0 spiro atoms. The average molecular weight is 465 g/mol. The van der Waals surface area contributed by atoms with E-state index in [1.165, 1.54) is 5.56 Å². The summed E-state index contributed by atoms with van der Waals surface area (Å²) in [6.45, 7) is 3.66. The monoisotopic (exact) mass is 464 g/mol. The van der Waals surface area contributed by atoms with Crippen LogP contribution in [0.4, 0.5) is 0 Å². The van der Waals surface area contributed by atoms with E-state index in [0.29, 0.717) is 18.7 Å². The zero-order chi connectivity index (χ0) is 24.0. The summed E-state index contributed by atoms with van der Waals surface area (Å²) >= 11 is 0. The van der Waals surface area contributed by atoms with Gasteiger partial charge in [0.15, 0.2) is 0 Å². The first-order valence-corrected chi connectivity index (χ1v) is 11.9. The van der Waals surface area contributed by atoms with Crippen molar-refractivity contribution in [2.24, 2.45) is 0 Å². The molecule has 1 saturated heterocycles. The first-order valence-electron chi connectivity index (χ1n) is 11.9. The van der Waals surface area contributed by atoms with Gasteiger partial charge in [0.2, 0.25) is 0 Å². The lowest BCUT2D eigenvalue weighted by molar-refractivity contribution is -0.129. The normalized spacial score (nSPS) is 14.7. The Bertz CT molecular complexity index is 1340. The van der Waals surface area contributed by atoms with Crippen molar-refractivity contribution in [3.05, 3.63) is 114 Å². The van der Waals surface area contributed by atoms with E-state index in [0.717, 1.165) is 36.1 Å². The Balaban J connectivity index is 1.35. The van der Waals surface area contributed by atoms with Gasteiger partial charge in [0, 0.05) is 61.0 Å². The highest BCUT2D eigenvalue weighted by atomic mass is 16.2. The number of nitrogens with zero attached hydrogens (tertiary/aromatic N) is 2. The molecule has 0 unspecified atom stereocenters. The standard InChI is InChI=1S/C29H28N4O2/c34-28(23-11-5-2-6-12-23)31-27(19-24-20-30-26-14-8-7-13-25(24)26)29(35)33-17-15-32(16-18-33)21-22-9-3-1-4-10-22/h1-14,19-20,30H,15-18,21H2,(H,31,34)/b27-19+. The minimum atomic E-state index is -0.298. The maximum Gasteiger partial charge on any atom is 0.270 e. The Morgan fingerprint density at radius 2 is 1.49 bits per heavy atom. The predicted octanol–water partition coefficient (Wildman–Crippen LogP) is 4.28. The zero-order valence-corrected chi connectivity index (χ0v) is 19.5. The van der Waals surface area contributed by atoms with E-state index in [2.05, 4.69) is 27.3 Å². The number of nitrogens with one attached hydrogen (secondary N) is 2. The van der Waals surface area contributed by atoms with Crippen molar-refractivity contribution >= 4 is 28.8 Å². The first kappa shape index (κ1) is 22.6. The maximum absolute atomic E-state index is 13.6. The van der Waals surface area contributed by atoms with Crippen LogP contribution in [0.3, 0.4) is 0 Å². The number of fused-ring (bicyclic) bond motifs is 1. The molecule has 1 aliphatic heterocycles. The number of carbonyl (C=O) groups is 2. The Labute approximate surface area is 204 Å². The molecule has 1 aliphatic rings. The fourth-order valence-electron chi connectivity index (χ4n) is 4.43. The van der Waals surface area contributed by atoms with E-state index in [4.69, 9.17) is 0 Å². The average Bonchev–Trinajstić information content (AvgIpc) is 3.32. The molecular formula is C29H28N4O2. The number of carbonyl (C=O) groups excluding carboxylic acids is 2. The fraction of sp³-hybridized carbons (Fsp3) is 0.172. The van der Waals surface area contributed by atoms with Crippen molar-refractivity contribution in [1.82, 2.24) is 20.1 Å². The van der Waals surface area contributed by atoms with Crippen LogP contribution in [0, 0.1) is 0 Å². The second-order valence-electron chi connectivity index (χ2n) is 8.72. The van der Waals surface area contributed by atoms with E-state index in [1.54, 1.807) is 18.2 Å². The second-order valence-corrected chi connectivity index (χ2v) is 8.72. The number of H-pyrrole nitrogens is 1. The van der Waals surface area contributed by atoms with Crippen molar-refractivity contribution in [2.75, 3.05) is 26.2 Å². The molecule has 6 heteroatoms. The molecule has 176 valence electrons. The second kappa shape index (κ2) is 10.4. The van der Waals surface area contributed by atoms with Crippen LogP contribution in [-0.2, 0) is 11.3 Å². The molecule has 0 aliphatic carbocycles. The minimum absolute atomic E-state index is 0.168. The largest absolute Gasteiger partial charge is 0.361 e. The Morgan fingerprint density at radius 1 is 0.829 bits per heavy atom. The lowest BCUT2D eigenvalue weighted by Crippen LogP contribution is -2.50. The van der Waals surface area contributed by atoms with E-state index < -0.39 is 0 Å². The number of piperazine rings is 1. The Kier molecular flexibility index (Phi) is 6.73. The minimum Gasteiger partial charge on any atom is -0.361 e. The van der Waals surface area contributed by atoms with Crippen LogP contribution < -0.4 is 5.32 Å². The fourth-order valence-corrected chi connectivity index (χ4v) is 4.43. The SMILES string of the molecule is O=C(N/C(=C/c1c[nH]c2ccccc12)C(=O)N1CCN(Cc2ccccc2)CC1)c1ccccc1.